The van der Waals surface area contributed by atoms with Crippen LogP contribution >= 0.6 is 0 Å². The first-order valence-electron chi connectivity index (χ1n) is 4.42. The van der Waals surface area contributed by atoms with Crippen molar-refractivity contribution in [3.05, 3.63) is 24.2 Å². The summed E-state index contributed by atoms with van der Waals surface area (Å²) in [6, 6.07) is 1.71. The quantitative estimate of drug-likeness (QED) is 0.791. The molecule has 0 bridgehead atoms. The maximum atomic E-state index is 8.79. The summed E-state index contributed by atoms with van der Waals surface area (Å²) in [4.78, 5) is 0. The number of nitrogens with zero attached hydrogens (tertiary/aromatic N) is 3. The molecule has 0 unspecified atom stereocenters. The van der Waals surface area contributed by atoms with Crippen LogP contribution in [0.1, 0.15) is 12.7 Å². The number of aliphatic hydroxyl groups is 1. The number of aliphatic hydroxyl groups excluding tert-OH is 1. The van der Waals surface area contributed by atoms with E-state index in [1.807, 2.05) is 17.8 Å². The van der Waals surface area contributed by atoms with Crippen molar-refractivity contribution in [1.29, 1.82) is 0 Å². The molecule has 2 rings (SSSR count). The van der Waals surface area contributed by atoms with Gasteiger partial charge in [0.1, 0.15) is 12.3 Å². The van der Waals surface area contributed by atoms with Crippen molar-refractivity contribution in [2.75, 3.05) is 0 Å². The van der Waals surface area contributed by atoms with Gasteiger partial charge in [-0.3, -0.25) is 4.68 Å². The summed E-state index contributed by atoms with van der Waals surface area (Å²) in [7, 11) is 0. The Morgan fingerprint density at radius 3 is 3.00 bits per heavy atom. The number of aryl methyl sites for hydroxylation is 1. The first-order chi connectivity index (χ1) is 6.83. The SMILES string of the molecule is CCn1cc(-c2cc(CO)on2)cn1. The second-order valence-electron chi connectivity index (χ2n) is 2.92. The van der Waals surface area contributed by atoms with Crippen molar-refractivity contribution in [3.8, 4) is 11.3 Å². The highest BCUT2D eigenvalue weighted by atomic mass is 16.5. The van der Waals surface area contributed by atoms with Crippen LogP contribution in [0.4, 0.5) is 0 Å². The minimum absolute atomic E-state index is 0.130. The lowest BCUT2D eigenvalue weighted by molar-refractivity contribution is 0.229. The first kappa shape index (κ1) is 8.96. The van der Waals surface area contributed by atoms with E-state index in [4.69, 9.17) is 9.63 Å². The number of rotatable bonds is 3. The molecule has 2 heterocycles. The zero-order chi connectivity index (χ0) is 9.97. The van der Waals surface area contributed by atoms with Gasteiger partial charge in [0.2, 0.25) is 0 Å². The van der Waals surface area contributed by atoms with E-state index in [9.17, 15) is 0 Å². The molecule has 0 radical (unpaired) electrons. The Balaban J connectivity index is 2.29. The van der Waals surface area contributed by atoms with Gasteiger partial charge in [0, 0.05) is 24.4 Å². The fraction of sp³-hybridized carbons (Fsp3) is 0.333. The van der Waals surface area contributed by atoms with Crippen LogP contribution in [-0.2, 0) is 13.2 Å². The van der Waals surface area contributed by atoms with E-state index in [1.54, 1.807) is 12.3 Å². The van der Waals surface area contributed by atoms with Crippen molar-refractivity contribution in [2.24, 2.45) is 0 Å². The van der Waals surface area contributed by atoms with Crippen LogP contribution in [0.5, 0.6) is 0 Å². The van der Waals surface area contributed by atoms with Gasteiger partial charge in [-0.15, -0.1) is 0 Å². The summed E-state index contributed by atoms with van der Waals surface area (Å²) >= 11 is 0. The molecule has 0 saturated carbocycles. The average molecular weight is 193 g/mol. The Hall–Kier alpha value is -1.62. The van der Waals surface area contributed by atoms with Gasteiger partial charge in [-0.05, 0) is 6.92 Å². The lowest BCUT2D eigenvalue weighted by atomic mass is 10.2. The predicted octanol–water partition coefficient (Wildman–Crippen LogP) is 1.05. The van der Waals surface area contributed by atoms with E-state index in [1.165, 1.54) is 0 Å². The number of hydrogen-bond acceptors (Lipinski definition) is 4. The van der Waals surface area contributed by atoms with Crippen LogP contribution in [0.15, 0.2) is 23.0 Å². The molecule has 14 heavy (non-hydrogen) atoms. The van der Waals surface area contributed by atoms with Crippen LogP contribution in [0.2, 0.25) is 0 Å². The summed E-state index contributed by atoms with van der Waals surface area (Å²) < 4.78 is 6.68. The normalized spacial score (nSPS) is 10.7. The Morgan fingerprint density at radius 2 is 2.43 bits per heavy atom. The molecular weight excluding hydrogens is 182 g/mol. The van der Waals surface area contributed by atoms with Gasteiger partial charge < -0.3 is 9.63 Å². The van der Waals surface area contributed by atoms with Gasteiger partial charge in [0.25, 0.3) is 0 Å². The Bertz CT molecular complexity index is 379. The third-order valence-electron chi connectivity index (χ3n) is 1.97. The molecule has 0 fully saturated rings. The standard InChI is InChI=1S/C9H11N3O2/c1-2-12-5-7(4-10-12)9-3-8(6-13)14-11-9/h3-5,13H,2,6H2,1H3. The van der Waals surface area contributed by atoms with Gasteiger partial charge in [-0.2, -0.15) is 5.10 Å². The highest BCUT2D eigenvalue weighted by Crippen LogP contribution is 2.17. The highest BCUT2D eigenvalue weighted by molar-refractivity contribution is 5.56. The molecular formula is C9H11N3O2. The van der Waals surface area contributed by atoms with Crippen molar-refractivity contribution >= 4 is 0 Å². The van der Waals surface area contributed by atoms with Gasteiger partial charge >= 0.3 is 0 Å². The molecule has 0 aromatic carbocycles. The van der Waals surface area contributed by atoms with E-state index < -0.39 is 0 Å². The van der Waals surface area contributed by atoms with Crippen molar-refractivity contribution in [2.45, 2.75) is 20.1 Å². The van der Waals surface area contributed by atoms with Crippen LogP contribution in [-0.4, -0.2) is 20.0 Å². The van der Waals surface area contributed by atoms with Crippen molar-refractivity contribution in [1.82, 2.24) is 14.9 Å². The molecule has 2 aromatic rings. The molecule has 0 atom stereocenters. The fourth-order valence-electron chi connectivity index (χ4n) is 1.19. The van der Waals surface area contributed by atoms with E-state index in [0.717, 1.165) is 12.1 Å². The number of aromatic nitrogens is 3. The monoisotopic (exact) mass is 193 g/mol. The van der Waals surface area contributed by atoms with Gasteiger partial charge in [0.15, 0.2) is 5.76 Å². The molecule has 74 valence electrons. The lowest BCUT2D eigenvalue weighted by Crippen LogP contribution is -1.91. The summed E-state index contributed by atoms with van der Waals surface area (Å²) in [5, 5.41) is 16.7. The minimum Gasteiger partial charge on any atom is -0.388 e. The molecule has 5 heteroatoms. The first-order valence-corrected chi connectivity index (χ1v) is 4.42. The second kappa shape index (κ2) is 3.63. The predicted molar refractivity (Wildman–Crippen MR) is 49.3 cm³/mol. The van der Waals surface area contributed by atoms with E-state index >= 15 is 0 Å². The number of hydrogen-bond donors (Lipinski definition) is 1. The maximum absolute atomic E-state index is 8.79. The molecule has 0 saturated heterocycles. The summed E-state index contributed by atoms with van der Waals surface area (Å²) in [6.45, 7) is 2.71. The molecule has 2 aromatic heterocycles. The van der Waals surface area contributed by atoms with E-state index in [2.05, 4.69) is 10.3 Å². The summed E-state index contributed by atoms with van der Waals surface area (Å²) in [6.07, 6.45) is 3.61. The lowest BCUT2D eigenvalue weighted by Gasteiger charge is -1.89. The zero-order valence-corrected chi connectivity index (χ0v) is 7.84. The van der Waals surface area contributed by atoms with Crippen molar-refractivity contribution in [3.63, 3.8) is 0 Å². The molecule has 0 spiro atoms. The second-order valence-corrected chi connectivity index (χ2v) is 2.92. The van der Waals surface area contributed by atoms with Crippen LogP contribution in [0.25, 0.3) is 11.3 Å². The molecule has 1 N–H and O–H groups in total. The summed E-state index contributed by atoms with van der Waals surface area (Å²) in [5.41, 5.74) is 1.60. The third-order valence-corrected chi connectivity index (χ3v) is 1.97. The zero-order valence-electron chi connectivity index (χ0n) is 7.84. The van der Waals surface area contributed by atoms with Gasteiger partial charge in [-0.25, -0.2) is 0 Å². The topological polar surface area (TPSA) is 64.1 Å². The molecule has 5 nitrogen and oxygen atoms in total. The molecule has 0 aliphatic heterocycles. The van der Waals surface area contributed by atoms with Crippen molar-refractivity contribution < 1.29 is 9.63 Å². The highest BCUT2D eigenvalue weighted by Gasteiger charge is 2.07. The van der Waals surface area contributed by atoms with Crippen LogP contribution < -0.4 is 0 Å². The van der Waals surface area contributed by atoms with Gasteiger partial charge in [0.05, 0.1) is 6.20 Å². The van der Waals surface area contributed by atoms with E-state index in [-0.39, 0.29) is 6.61 Å². The van der Waals surface area contributed by atoms with Crippen LogP contribution in [0.3, 0.4) is 0 Å². The Morgan fingerprint density at radius 1 is 1.57 bits per heavy atom. The minimum atomic E-state index is -0.130. The molecule has 0 aliphatic carbocycles. The Kier molecular flexibility index (Phi) is 2.32. The Labute approximate surface area is 81.0 Å². The smallest absolute Gasteiger partial charge is 0.162 e. The van der Waals surface area contributed by atoms with E-state index in [0.29, 0.717) is 11.5 Å². The van der Waals surface area contributed by atoms with Crippen LogP contribution in [0, 0.1) is 0 Å². The molecule has 0 amide bonds. The van der Waals surface area contributed by atoms with Gasteiger partial charge in [-0.1, -0.05) is 5.16 Å². The summed E-state index contributed by atoms with van der Waals surface area (Å²) in [5.74, 6) is 0.462. The fourth-order valence-corrected chi connectivity index (χ4v) is 1.19. The largest absolute Gasteiger partial charge is 0.388 e. The maximum Gasteiger partial charge on any atom is 0.162 e. The molecule has 0 aliphatic rings. The average Bonchev–Trinajstić information content (AvgIpc) is 2.86. The third kappa shape index (κ3) is 1.54.